The molecule has 0 atom stereocenters. The minimum Gasteiger partial charge on any atom is -0.495 e. The summed E-state index contributed by atoms with van der Waals surface area (Å²) in [6, 6.07) is 16.6. The zero-order valence-corrected chi connectivity index (χ0v) is 22.5. The molecule has 0 saturated carbocycles. The molecule has 0 aliphatic heterocycles. The monoisotopic (exact) mass is 551 g/mol. The first-order valence-corrected chi connectivity index (χ1v) is 13.1. The van der Waals surface area contributed by atoms with Crippen molar-refractivity contribution in [2.24, 2.45) is 0 Å². The number of carbonyl (C=O) groups is 1. The van der Waals surface area contributed by atoms with Crippen LogP contribution in [0.15, 0.2) is 60.0 Å². The Morgan fingerprint density at radius 1 is 0.973 bits per heavy atom. The molecular formula is C27H22ClN3O4S2. The Bertz CT molecular complexity index is 1620. The topological polar surface area (TPSA) is 95.7 Å². The molecule has 188 valence electrons. The minimum atomic E-state index is -0.378. The molecule has 0 spiro atoms. The van der Waals surface area contributed by atoms with Crippen LogP contribution in [0.5, 0.6) is 17.2 Å². The van der Waals surface area contributed by atoms with Crippen molar-refractivity contribution in [3.05, 3.63) is 69.9 Å². The Labute approximate surface area is 226 Å². The highest BCUT2D eigenvalue weighted by Crippen LogP contribution is 2.44. The summed E-state index contributed by atoms with van der Waals surface area (Å²) in [6.45, 7) is 0. The average Bonchev–Trinajstić information content (AvgIpc) is 3.56. The maximum absolute atomic E-state index is 13.4. The number of pyridine rings is 1. The molecule has 0 bridgehead atoms. The van der Waals surface area contributed by atoms with Crippen molar-refractivity contribution in [2.75, 3.05) is 32.4 Å². The van der Waals surface area contributed by atoms with Gasteiger partial charge >= 0.3 is 0 Å². The van der Waals surface area contributed by atoms with Gasteiger partial charge in [-0.15, -0.1) is 22.7 Å². The van der Waals surface area contributed by atoms with Crippen molar-refractivity contribution >= 4 is 61.8 Å². The van der Waals surface area contributed by atoms with Gasteiger partial charge in [0.1, 0.15) is 15.5 Å². The normalized spacial score (nSPS) is 10.9. The van der Waals surface area contributed by atoms with Gasteiger partial charge in [-0.05, 0) is 59.0 Å². The molecule has 3 heterocycles. The van der Waals surface area contributed by atoms with E-state index in [0.717, 1.165) is 21.7 Å². The predicted octanol–water partition coefficient (Wildman–Crippen LogP) is 7.21. The SMILES string of the molecule is COc1ccc(Cl)cc1NC(=O)c1sc2nc(-c3cccs3)cc(-c3ccc(OC)c(OC)c3)c2c1N. The summed E-state index contributed by atoms with van der Waals surface area (Å²) in [5.74, 6) is 1.31. The lowest BCUT2D eigenvalue weighted by atomic mass is 10.0. The Morgan fingerprint density at radius 3 is 2.43 bits per heavy atom. The molecule has 0 fully saturated rings. The van der Waals surface area contributed by atoms with Gasteiger partial charge in [-0.2, -0.15) is 0 Å². The first-order valence-electron chi connectivity index (χ1n) is 11.1. The summed E-state index contributed by atoms with van der Waals surface area (Å²) < 4.78 is 16.3. The number of nitrogens with one attached hydrogen (secondary N) is 1. The van der Waals surface area contributed by atoms with E-state index in [9.17, 15) is 4.79 Å². The van der Waals surface area contributed by atoms with Crippen LogP contribution >= 0.6 is 34.3 Å². The van der Waals surface area contributed by atoms with Crippen LogP contribution < -0.4 is 25.3 Å². The third-order valence-electron chi connectivity index (χ3n) is 5.78. The van der Waals surface area contributed by atoms with Crippen molar-refractivity contribution < 1.29 is 19.0 Å². The summed E-state index contributed by atoms with van der Waals surface area (Å²) >= 11 is 8.96. The number of ether oxygens (including phenoxy) is 3. The molecule has 37 heavy (non-hydrogen) atoms. The number of halogens is 1. The lowest BCUT2D eigenvalue weighted by molar-refractivity contribution is 0.103. The Kier molecular flexibility index (Phi) is 6.92. The van der Waals surface area contributed by atoms with Crippen molar-refractivity contribution in [3.63, 3.8) is 0 Å². The number of hydrogen-bond donors (Lipinski definition) is 2. The van der Waals surface area contributed by atoms with Gasteiger partial charge in [0.15, 0.2) is 11.5 Å². The van der Waals surface area contributed by atoms with E-state index in [2.05, 4.69) is 5.32 Å². The van der Waals surface area contributed by atoms with Crippen molar-refractivity contribution in [1.29, 1.82) is 0 Å². The fourth-order valence-electron chi connectivity index (χ4n) is 4.03. The second-order valence-electron chi connectivity index (χ2n) is 7.93. The Balaban J connectivity index is 1.67. The van der Waals surface area contributed by atoms with Crippen LogP contribution in [0.4, 0.5) is 11.4 Å². The lowest BCUT2D eigenvalue weighted by Crippen LogP contribution is -2.12. The summed E-state index contributed by atoms with van der Waals surface area (Å²) in [4.78, 5) is 20.3. The fourth-order valence-corrected chi connectivity index (χ4v) is 5.90. The maximum Gasteiger partial charge on any atom is 0.268 e. The van der Waals surface area contributed by atoms with E-state index in [-0.39, 0.29) is 5.91 Å². The first-order chi connectivity index (χ1) is 17.9. The van der Waals surface area contributed by atoms with Gasteiger partial charge in [0, 0.05) is 10.4 Å². The molecule has 0 aliphatic rings. The van der Waals surface area contributed by atoms with Crippen LogP contribution in [0.3, 0.4) is 0 Å². The Morgan fingerprint density at radius 2 is 1.73 bits per heavy atom. The second kappa shape index (κ2) is 10.3. The third-order valence-corrected chi connectivity index (χ3v) is 8.01. The van der Waals surface area contributed by atoms with E-state index in [4.69, 9.17) is 36.5 Å². The molecule has 5 rings (SSSR count). The van der Waals surface area contributed by atoms with E-state index in [1.807, 2.05) is 41.8 Å². The van der Waals surface area contributed by atoms with Gasteiger partial charge < -0.3 is 25.3 Å². The summed E-state index contributed by atoms with van der Waals surface area (Å²) in [5.41, 5.74) is 9.90. The highest BCUT2D eigenvalue weighted by Gasteiger charge is 2.23. The van der Waals surface area contributed by atoms with Gasteiger partial charge in [0.05, 0.1) is 43.3 Å². The number of nitrogen functional groups attached to an aromatic ring is 1. The molecule has 0 saturated heterocycles. The number of rotatable bonds is 7. The average molecular weight is 552 g/mol. The minimum absolute atomic E-state index is 0.341. The number of methoxy groups -OCH3 is 3. The molecule has 3 N–H and O–H groups in total. The number of nitrogens with two attached hydrogens (primary N) is 1. The van der Waals surface area contributed by atoms with Crippen molar-refractivity contribution in [2.45, 2.75) is 0 Å². The van der Waals surface area contributed by atoms with Crippen LogP contribution in [0.1, 0.15) is 9.67 Å². The van der Waals surface area contributed by atoms with Crippen LogP contribution in [-0.2, 0) is 0 Å². The fraction of sp³-hybridized carbons (Fsp3) is 0.111. The zero-order valence-electron chi connectivity index (χ0n) is 20.1. The number of aromatic nitrogens is 1. The molecule has 0 unspecified atom stereocenters. The summed E-state index contributed by atoms with van der Waals surface area (Å²) in [5, 5.41) is 6.04. The second-order valence-corrected chi connectivity index (χ2v) is 10.3. The molecule has 7 nitrogen and oxygen atoms in total. The smallest absolute Gasteiger partial charge is 0.268 e. The molecule has 3 aromatic heterocycles. The molecule has 5 aromatic rings. The third kappa shape index (κ3) is 4.69. The highest BCUT2D eigenvalue weighted by atomic mass is 35.5. The quantitative estimate of drug-likeness (QED) is 0.222. The largest absolute Gasteiger partial charge is 0.495 e. The van der Waals surface area contributed by atoms with E-state index in [1.165, 1.54) is 18.4 Å². The summed E-state index contributed by atoms with van der Waals surface area (Å²) in [7, 11) is 4.71. The Hall–Kier alpha value is -3.79. The first kappa shape index (κ1) is 24.9. The van der Waals surface area contributed by atoms with E-state index in [0.29, 0.717) is 48.7 Å². The number of fused-ring (bicyclic) bond motifs is 1. The molecule has 1 amide bonds. The zero-order chi connectivity index (χ0) is 26.1. The van der Waals surface area contributed by atoms with Gasteiger partial charge in [0.25, 0.3) is 5.91 Å². The number of nitrogens with zero attached hydrogens (tertiary/aromatic N) is 1. The number of carbonyl (C=O) groups excluding carboxylic acids is 1. The summed E-state index contributed by atoms with van der Waals surface area (Å²) in [6.07, 6.45) is 0. The van der Waals surface area contributed by atoms with Crippen LogP contribution in [0.2, 0.25) is 5.02 Å². The predicted molar refractivity (Wildman–Crippen MR) is 152 cm³/mol. The maximum atomic E-state index is 13.4. The number of hydrogen-bond acceptors (Lipinski definition) is 8. The van der Waals surface area contributed by atoms with Crippen LogP contribution in [0, 0.1) is 0 Å². The van der Waals surface area contributed by atoms with Gasteiger partial charge in [-0.25, -0.2) is 4.98 Å². The molecule has 2 aromatic carbocycles. The van der Waals surface area contributed by atoms with Crippen LogP contribution in [0.25, 0.3) is 31.9 Å². The van der Waals surface area contributed by atoms with Crippen LogP contribution in [-0.4, -0.2) is 32.2 Å². The standard InChI is InChI=1S/C27H22ClN3O4S2/c1-33-19-9-7-15(28)12-17(19)30-26(32)25-24(29)23-16(14-6-8-20(34-2)21(11-14)35-3)13-18(31-27(23)37-25)22-5-4-10-36-22/h4-13H,29H2,1-3H3,(H,30,32). The van der Waals surface area contributed by atoms with Gasteiger partial charge in [-0.1, -0.05) is 23.7 Å². The van der Waals surface area contributed by atoms with E-state index in [1.54, 1.807) is 43.8 Å². The van der Waals surface area contributed by atoms with E-state index >= 15 is 0 Å². The molecular weight excluding hydrogens is 530 g/mol. The van der Waals surface area contributed by atoms with E-state index < -0.39 is 0 Å². The van der Waals surface area contributed by atoms with Crippen molar-refractivity contribution in [1.82, 2.24) is 4.98 Å². The van der Waals surface area contributed by atoms with Crippen molar-refractivity contribution in [3.8, 4) is 38.9 Å². The van der Waals surface area contributed by atoms with Gasteiger partial charge in [0.2, 0.25) is 0 Å². The number of benzene rings is 2. The van der Waals surface area contributed by atoms with Gasteiger partial charge in [-0.3, -0.25) is 4.79 Å². The number of thiophene rings is 2. The lowest BCUT2D eigenvalue weighted by Gasteiger charge is -2.12. The highest BCUT2D eigenvalue weighted by molar-refractivity contribution is 7.21. The molecule has 0 radical (unpaired) electrons. The molecule has 10 heteroatoms. The molecule has 0 aliphatic carbocycles. The number of anilines is 2. The number of amides is 1.